The zero-order valence-corrected chi connectivity index (χ0v) is 37.0. The molecule has 0 fully saturated rings. The van der Waals surface area contributed by atoms with Crippen LogP contribution in [0.2, 0.25) is 0 Å². The van der Waals surface area contributed by atoms with E-state index in [1.54, 1.807) is 0 Å². The number of allylic oxidation sites excluding steroid dienone is 8. The molecule has 0 rings (SSSR count). The fourth-order valence-corrected chi connectivity index (χ4v) is 7.08. The molecule has 0 radical (unpaired) electrons. The number of rotatable bonds is 42. The first-order valence-corrected chi connectivity index (χ1v) is 23.9. The predicted octanol–water partition coefficient (Wildman–Crippen LogP) is 13.9. The summed E-state index contributed by atoms with van der Waals surface area (Å²) in [6.07, 6.45) is 51.8. The SMILES string of the molecule is CC/C=C/C=C/C=C\CCCCCCCC(=O)OC(CCCCC/C=C\CCC)CC(=O)NC(CO)C(O)CCCCCCCCCCCCCCCCCC. The summed E-state index contributed by atoms with van der Waals surface area (Å²) < 4.78 is 5.87. The van der Waals surface area contributed by atoms with Gasteiger partial charge in [-0.05, 0) is 64.2 Å². The molecular formula is C50H91NO5. The number of carbonyl (C=O) groups is 2. The highest BCUT2D eigenvalue weighted by atomic mass is 16.5. The van der Waals surface area contributed by atoms with Crippen LogP contribution in [-0.4, -0.2) is 46.9 Å². The predicted molar refractivity (Wildman–Crippen MR) is 241 cm³/mol. The zero-order valence-electron chi connectivity index (χ0n) is 37.0. The summed E-state index contributed by atoms with van der Waals surface area (Å²) in [6, 6.07) is -0.708. The number of hydrogen-bond donors (Lipinski definition) is 3. The summed E-state index contributed by atoms with van der Waals surface area (Å²) in [4.78, 5) is 25.9. The Hall–Kier alpha value is -2.18. The molecule has 0 bridgehead atoms. The molecule has 0 heterocycles. The molecule has 326 valence electrons. The van der Waals surface area contributed by atoms with Gasteiger partial charge in [-0.3, -0.25) is 9.59 Å². The monoisotopic (exact) mass is 786 g/mol. The van der Waals surface area contributed by atoms with Crippen LogP contribution in [-0.2, 0) is 14.3 Å². The molecule has 1 amide bonds. The van der Waals surface area contributed by atoms with Crippen molar-refractivity contribution in [2.75, 3.05) is 6.61 Å². The molecule has 0 aliphatic rings. The Morgan fingerprint density at radius 3 is 1.59 bits per heavy atom. The van der Waals surface area contributed by atoms with Crippen molar-refractivity contribution >= 4 is 11.9 Å². The van der Waals surface area contributed by atoms with Gasteiger partial charge in [0.1, 0.15) is 6.10 Å². The third-order valence-electron chi connectivity index (χ3n) is 10.7. The summed E-state index contributed by atoms with van der Waals surface area (Å²) in [5.41, 5.74) is 0. The highest BCUT2D eigenvalue weighted by molar-refractivity contribution is 5.77. The fraction of sp³-hybridized carbons (Fsp3) is 0.800. The first-order valence-electron chi connectivity index (χ1n) is 23.9. The number of aliphatic hydroxyl groups is 2. The molecule has 6 nitrogen and oxygen atoms in total. The molecule has 56 heavy (non-hydrogen) atoms. The maximum atomic E-state index is 13.1. The topological polar surface area (TPSA) is 95.9 Å². The molecule has 0 aromatic carbocycles. The van der Waals surface area contributed by atoms with Crippen LogP contribution in [0, 0.1) is 0 Å². The first-order chi connectivity index (χ1) is 27.5. The van der Waals surface area contributed by atoms with Gasteiger partial charge in [-0.1, -0.05) is 204 Å². The molecule has 0 aromatic rings. The molecule has 0 saturated carbocycles. The Morgan fingerprint density at radius 2 is 1.02 bits per heavy atom. The van der Waals surface area contributed by atoms with Gasteiger partial charge in [-0.2, -0.15) is 0 Å². The lowest BCUT2D eigenvalue weighted by atomic mass is 10.0. The van der Waals surface area contributed by atoms with Crippen LogP contribution < -0.4 is 5.32 Å². The minimum absolute atomic E-state index is 0.0575. The van der Waals surface area contributed by atoms with Crippen LogP contribution in [0.15, 0.2) is 48.6 Å². The second-order valence-electron chi connectivity index (χ2n) is 16.2. The van der Waals surface area contributed by atoms with Crippen molar-refractivity contribution in [3.8, 4) is 0 Å². The Kier molecular flexibility index (Phi) is 42.2. The highest BCUT2D eigenvalue weighted by Crippen LogP contribution is 2.17. The largest absolute Gasteiger partial charge is 0.462 e. The van der Waals surface area contributed by atoms with Gasteiger partial charge in [0.2, 0.25) is 5.91 Å². The minimum Gasteiger partial charge on any atom is -0.462 e. The van der Waals surface area contributed by atoms with Crippen LogP contribution in [0.5, 0.6) is 0 Å². The summed E-state index contributed by atoms with van der Waals surface area (Å²) >= 11 is 0. The zero-order chi connectivity index (χ0) is 41.0. The van der Waals surface area contributed by atoms with E-state index in [9.17, 15) is 19.8 Å². The van der Waals surface area contributed by atoms with Gasteiger partial charge in [-0.25, -0.2) is 0 Å². The van der Waals surface area contributed by atoms with E-state index in [0.29, 0.717) is 19.3 Å². The Labute approximate surface area is 346 Å². The lowest BCUT2D eigenvalue weighted by Gasteiger charge is -2.24. The van der Waals surface area contributed by atoms with Gasteiger partial charge < -0.3 is 20.3 Å². The van der Waals surface area contributed by atoms with Crippen LogP contribution in [0.4, 0.5) is 0 Å². The third kappa shape index (κ3) is 38.7. The number of carbonyl (C=O) groups excluding carboxylic acids is 2. The van der Waals surface area contributed by atoms with E-state index in [4.69, 9.17) is 4.74 Å². The van der Waals surface area contributed by atoms with Gasteiger partial charge in [0.25, 0.3) is 0 Å². The Bertz CT molecular complexity index is 972. The molecule has 3 atom stereocenters. The molecule has 0 spiro atoms. The number of unbranched alkanes of at least 4 members (excludes halogenated alkanes) is 24. The van der Waals surface area contributed by atoms with E-state index in [2.05, 4.69) is 74.7 Å². The fourth-order valence-electron chi connectivity index (χ4n) is 7.08. The second-order valence-corrected chi connectivity index (χ2v) is 16.2. The summed E-state index contributed by atoms with van der Waals surface area (Å²) in [5, 5.41) is 23.7. The smallest absolute Gasteiger partial charge is 0.306 e. The van der Waals surface area contributed by atoms with Gasteiger partial charge in [-0.15, -0.1) is 0 Å². The molecule has 6 heteroatoms. The summed E-state index contributed by atoms with van der Waals surface area (Å²) in [6.45, 7) is 6.27. The van der Waals surface area contributed by atoms with E-state index in [-0.39, 0.29) is 24.9 Å². The quantitative estimate of drug-likeness (QED) is 0.0248. The highest BCUT2D eigenvalue weighted by Gasteiger charge is 2.24. The molecule has 3 unspecified atom stereocenters. The van der Waals surface area contributed by atoms with Crippen LogP contribution in [0.1, 0.15) is 233 Å². The van der Waals surface area contributed by atoms with E-state index < -0.39 is 18.2 Å². The molecule has 0 saturated heterocycles. The van der Waals surface area contributed by atoms with Crippen molar-refractivity contribution in [2.24, 2.45) is 0 Å². The average molecular weight is 786 g/mol. The van der Waals surface area contributed by atoms with Crippen molar-refractivity contribution < 1.29 is 24.5 Å². The number of hydrogen-bond acceptors (Lipinski definition) is 5. The molecule has 0 aliphatic heterocycles. The van der Waals surface area contributed by atoms with Crippen LogP contribution >= 0.6 is 0 Å². The lowest BCUT2D eigenvalue weighted by molar-refractivity contribution is -0.151. The van der Waals surface area contributed by atoms with Gasteiger partial charge >= 0.3 is 5.97 Å². The molecule has 0 aliphatic carbocycles. The van der Waals surface area contributed by atoms with E-state index in [1.165, 1.54) is 83.5 Å². The normalized spacial score (nSPS) is 13.7. The van der Waals surface area contributed by atoms with Crippen molar-refractivity contribution in [3.63, 3.8) is 0 Å². The summed E-state index contributed by atoms with van der Waals surface area (Å²) in [5.74, 6) is -0.517. The number of nitrogens with one attached hydrogen (secondary N) is 1. The van der Waals surface area contributed by atoms with Crippen LogP contribution in [0.25, 0.3) is 0 Å². The number of aliphatic hydroxyl groups excluding tert-OH is 2. The van der Waals surface area contributed by atoms with Gasteiger partial charge in [0.15, 0.2) is 0 Å². The second kappa shape index (κ2) is 43.9. The molecular weight excluding hydrogens is 695 g/mol. The summed E-state index contributed by atoms with van der Waals surface area (Å²) in [7, 11) is 0. The Morgan fingerprint density at radius 1 is 0.536 bits per heavy atom. The van der Waals surface area contributed by atoms with Crippen molar-refractivity contribution in [2.45, 2.75) is 251 Å². The lowest BCUT2D eigenvalue weighted by Crippen LogP contribution is -2.46. The van der Waals surface area contributed by atoms with Crippen molar-refractivity contribution in [1.82, 2.24) is 5.32 Å². The van der Waals surface area contributed by atoms with Gasteiger partial charge in [0, 0.05) is 6.42 Å². The maximum absolute atomic E-state index is 13.1. The average Bonchev–Trinajstić information content (AvgIpc) is 3.19. The van der Waals surface area contributed by atoms with Crippen LogP contribution in [0.3, 0.4) is 0 Å². The standard InChI is InChI=1S/C50H91NO5/c1-4-7-10-13-16-19-21-23-24-25-27-28-30-33-36-39-42-48(53)47(45-52)51-49(54)44-46(41-38-35-32-18-15-12-9-6-3)56-50(55)43-40-37-34-31-29-26-22-20-17-14-11-8-5-2/h8,11-12,14-15,17,20,22,46-48,52-53H,4-7,9-10,13,16,18-19,21,23-45H2,1-3H3,(H,51,54)/b11-8+,15-12-,17-14+,22-20-. The Balaban J connectivity index is 4.44. The van der Waals surface area contributed by atoms with Gasteiger partial charge in [0.05, 0.1) is 25.2 Å². The third-order valence-corrected chi connectivity index (χ3v) is 10.7. The number of ether oxygens (including phenoxy) is 1. The molecule has 0 aromatic heterocycles. The molecule has 3 N–H and O–H groups in total. The number of esters is 1. The first kappa shape index (κ1) is 53.8. The van der Waals surface area contributed by atoms with E-state index in [1.807, 2.05) is 0 Å². The van der Waals surface area contributed by atoms with Crippen molar-refractivity contribution in [3.05, 3.63) is 48.6 Å². The van der Waals surface area contributed by atoms with Crippen molar-refractivity contribution in [1.29, 1.82) is 0 Å². The van der Waals surface area contributed by atoms with E-state index >= 15 is 0 Å². The number of amides is 1. The van der Waals surface area contributed by atoms with E-state index in [0.717, 1.165) is 103 Å². The maximum Gasteiger partial charge on any atom is 0.306 e. The minimum atomic E-state index is -0.793.